The zero-order valence-electron chi connectivity index (χ0n) is 17.1. The van der Waals surface area contributed by atoms with Crippen molar-refractivity contribution in [2.45, 2.75) is 11.8 Å². The van der Waals surface area contributed by atoms with Gasteiger partial charge in [0.05, 0.1) is 6.54 Å². The van der Waals surface area contributed by atoms with Crippen LogP contribution < -0.4 is 5.73 Å². The smallest absolute Gasteiger partial charge is 0.238 e. The van der Waals surface area contributed by atoms with Crippen LogP contribution in [0.4, 0.5) is 5.69 Å². The number of phenols is 1. The normalized spacial score (nSPS) is 16.4. The Bertz CT molecular complexity index is 1310. The predicted molar refractivity (Wildman–Crippen MR) is 128 cm³/mol. The lowest BCUT2D eigenvalue weighted by Crippen LogP contribution is -2.52. The first-order chi connectivity index (χ1) is 15.2. The summed E-state index contributed by atoms with van der Waals surface area (Å²) in [5.41, 5.74) is 7.01. The summed E-state index contributed by atoms with van der Waals surface area (Å²) in [7, 11) is -3.85. The number of hydrogen-bond acceptors (Lipinski definition) is 6. The van der Waals surface area contributed by atoms with E-state index in [0.717, 1.165) is 10.1 Å². The zero-order valence-corrected chi connectivity index (χ0v) is 19.5. The van der Waals surface area contributed by atoms with Gasteiger partial charge in [0, 0.05) is 39.9 Å². The van der Waals surface area contributed by atoms with Crippen LogP contribution in [0.3, 0.4) is 0 Å². The molecule has 1 aromatic heterocycles. The van der Waals surface area contributed by atoms with Gasteiger partial charge >= 0.3 is 0 Å². The number of sulfonamides is 1. The summed E-state index contributed by atoms with van der Waals surface area (Å²) in [6.45, 7) is 4.06. The molecule has 1 aliphatic heterocycles. The molecule has 3 N–H and O–H groups in total. The SMILES string of the molecule is C=CC(c1cc2ccc(Cl)cc2s1)S(=O)(=O)N1CCN(Cc2cc(O)ccc2N)C(=O)C1. The minimum Gasteiger partial charge on any atom is -0.508 e. The van der Waals surface area contributed by atoms with E-state index < -0.39 is 15.3 Å². The van der Waals surface area contributed by atoms with Gasteiger partial charge in [0.15, 0.2) is 0 Å². The Kier molecular flexibility index (Phi) is 6.17. The maximum atomic E-state index is 13.4. The van der Waals surface area contributed by atoms with Gasteiger partial charge in [-0.25, -0.2) is 8.42 Å². The number of nitrogen functional groups attached to an aromatic ring is 1. The number of aromatic hydroxyl groups is 1. The number of thiophene rings is 1. The molecule has 0 saturated carbocycles. The Morgan fingerprint density at radius 3 is 2.72 bits per heavy atom. The maximum Gasteiger partial charge on any atom is 0.238 e. The second-order valence-corrected chi connectivity index (χ2v) is 11.2. The third-order valence-corrected chi connectivity index (χ3v) is 9.13. The number of halogens is 1. The van der Waals surface area contributed by atoms with Crippen LogP contribution in [0.5, 0.6) is 5.75 Å². The molecule has 3 aromatic rings. The maximum absolute atomic E-state index is 13.4. The average molecular weight is 492 g/mol. The molecule has 4 rings (SSSR count). The second kappa shape index (κ2) is 8.74. The molecule has 7 nitrogen and oxygen atoms in total. The molecule has 1 saturated heterocycles. The molecule has 2 heterocycles. The van der Waals surface area contributed by atoms with Crippen LogP contribution in [0.2, 0.25) is 5.02 Å². The first kappa shape index (κ1) is 22.6. The van der Waals surface area contributed by atoms with Crippen molar-refractivity contribution < 1.29 is 18.3 Å². The number of carbonyl (C=O) groups is 1. The van der Waals surface area contributed by atoms with Crippen LogP contribution in [0.1, 0.15) is 15.7 Å². The minimum atomic E-state index is -3.85. The van der Waals surface area contributed by atoms with Crippen molar-refractivity contribution in [3.63, 3.8) is 0 Å². The lowest BCUT2D eigenvalue weighted by atomic mass is 10.1. The molecule has 168 valence electrons. The summed E-state index contributed by atoms with van der Waals surface area (Å²) in [5, 5.41) is 10.2. The van der Waals surface area contributed by atoms with Gasteiger partial charge in [-0.1, -0.05) is 23.7 Å². The van der Waals surface area contributed by atoms with Crippen molar-refractivity contribution in [3.8, 4) is 5.75 Å². The van der Waals surface area contributed by atoms with E-state index in [9.17, 15) is 18.3 Å². The molecule has 1 unspecified atom stereocenters. The van der Waals surface area contributed by atoms with Crippen molar-refractivity contribution in [2.75, 3.05) is 25.4 Å². The van der Waals surface area contributed by atoms with E-state index in [1.165, 1.54) is 33.9 Å². The summed E-state index contributed by atoms with van der Waals surface area (Å²) >= 11 is 7.40. The number of rotatable bonds is 6. The van der Waals surface area contributed by atoms with E-state index in [2.05, 4.69) is 6.58 Å². The highest BCUT2D eigenvalue weighted by Crippen LogP contribution is 2.37. The Morgan fingerprint density at radius 1 is 1.22 bits per heavy atom. The van der Waals surface area contributed by atoms with Gasteiger partial charge in [-0.2, -0.15) is 4.31 Å². The number of nitrogens with zero attached hydrogens (tertiary/aromatic N) is 2. The molecule has 1 aliphatic rings. The van der Waals surface area contributed by atoms with Crippen molar-refractivity contribution in [1.82, 2.24) is 9.21 Å². The lowest BCUT2D eigenvalue weighted by Gasteiger charge is -2.35. The standard InChI is InChI=1S/C22H22ClN3O4S2/c1-2-21(20-10-14-3-4-16(23)11-19(14)31-20)32(29,30)26-8-7-25(22(28)13-26)12-15-9-17(27)5-6-18(15)24/h2-6,9-11,21,27H,1,7-8,12-13,24H2. The van der Waals surface area contributed by atoms with E-state index in [-0.39, 0.29) is 37.8 Å². The quantitative estimate of drug-likeness (QED) is 0.310. The molecule has 1 fully saturated rings. The van der Waals surface area contributed by atoms with E-state index in [4.69, 9.17) is 17.3 Å². The molecule has 0 spiro atoms. The van der Waals surface area contributed by atoms with E-state index in [1.54, 1.807) is 23.1 Å². The number of amides is 1. The van der Waals surface area contributed by atoms with E-state index >= 15 is 0 Å². The summed E-state index contributed by atoms with van der Waals surface area (Å²) in [5.74, 6) is -0.269. The first-order valence-electron chi connectivity index (χ1n) is 9.84. The Balaban J connectivity index is 1.53. The summed E-state index contributed by atoms with van der Waals surface area (Å²) in [6, 6.07) is 11.8. The topological polar surface area (TPSA) is 104 Å². The molecular formula is C22H22ClN3O4S2. The van der Waals surface area contributed by atoms with E-state index in [1.807, 2.05) is 12.1 Å². The van der Waals surface area contributed by atoms with Crippen LogP contribution in [-0.2, 0) is 21.4 Å². The van der Waals surface area contributed by atoms with Gasteiger partial charge in [-0.15, -0.1) is 17.9 Å². The van der Waals surface area contributed by atoms with Crippen molar-refractivity contribution in [2.24, 2.45) is 0 Å². The van der Waals surface area contributed by atoms with Crippen LogP contribution >= 0.6 is 22.9 Å². The molecule has 1 amide bonds. The van der Waals surface area contributed by atoms with Crippen LogP contribution in [0.25, 0.3) is 10.1 Å². The first-order valence-corrected chi connectivity index (χ1v) is 12.5. The van der Waals surface area contributed by atoms with E-state index in [0.29, 0.717) is 21.2 Å². The Hall–Kier alpha value is -2.59. The fourth-order valence-electron chi connectivity index (χ4n) is 3.72. The van der Waals surface area contributed by atoms with Gasteiger partial charge in [-0.3, -0.25) is 4.79 Å². The summed E-state index contributed by atoms with van der Waals surface area (Å²) in [4.78, 5) is 14.9. The largest absolute Gasteiger partial charge is 0.508 e. The lowest BCUT2D eigenvalue weighted by molar-refractivity contribution is -0.134. The second-order valence-electron chi connectivity index (χ2n) is 7.56. The highest BCUT2D eigenvalue weighted by molar-refractivity contribution is 7.89. The van der Waals surface area contributed by atoms with Crippen LogP contribution in [0.15, 0.2) is 55.1 Å². The molecule has 1 atom stereocenters. The molecule has 0 radical (unpaired) electrons. The molecule has 0 bridgehead atoms. The van der Waals surface area contributed by atoms with Crippen LogP contribution in [-0.4, -0.2) is 48.3 Å². The fourth-order valence-corrected chi connectivity index (χ4v) is 7.10. The number of hydrogen-bond donors (Lipinski definition) is 2. The third kappa shape index (κ3) is 4.33. The van der Waals surface area contributed by atoms with Gasteiger partial charge in [-0.05, 0) is 47.3 Å². The molecule has 0 aliphatic carbocycles. The highest BCUT2D eigenvalue weighted by Gasteiger charge is 2.37. The minimum absolute atomic E-state index is 0.0568. The summed E-state index contributed by atoms with van der Waals surface area (Å²) < 4.78 is 28.9. The fraction of sp³-hybridized carbons (Fsp3) is 0.227. The third-order valence-electron chi connectivity index (χ3n) is 5.45. The molecular weight excluding hydrogens is 470 g/mol. The monoisotopic (exact) mass is 491 g/mol. The van der Waals surface area contributed by atoms with Gasteiger partial charge in [0.2, 0.25) is 15.9 Å². The van der Waals surface area contributed by atoms with Gasteiger partial charge < -0.3 is 15.7 Å². The highest BCUT2D eigenvalue weighted by atomic mass is 35.5. The number of benzene rings is 2. The van der Waals surface area contributed by atoms with Crippen LogP contribution in [0, 0.1) is 0 Å². The molecule has 2 aromatic carbocycles. The number of phenolic OH excluding ortho intramolecular Hbond substituents is 1. The number of carbonyl (C=O) groups excluding carboxylic acids is 1. The number of piperazine rings is 1. The molecule has 32 heavy (non-hydrogen) atoms. The molecule has 10 heteroatoms. The number of fused-ring (bicyclic) bond motifs is 1. The van der Waals surface area contributed by atoms with Crippen molar-refractivity contribution >= 4 is 54.6 Å². The summed E-state index contributed by atoms with van der Waals surface area (Å²) in [6.07, 6.45) is 1.39. The average Bonchev–Trinajstić information content (AvgIpc) is 3.14. The zero-order chi connectivity index (χ0) is 23.0. The van der Waals surface area contributed by atoms with Crippen molar-refractivity contribution in [1.29, 1.82) is 0 Å². The van der Waals surface area contributed by atoms with Crippen molar-refractivity contribution in [3.05, 3.63) is 70.6 Å². The Morgan fingerprint density at radius 2 is 2.00 bits per heavy atom. The Labute approximate surface area is 195 Å². The van der Waals surface area contributed by atoms with Gasteiger partial charge in [0.25, 0.3) is 0 Å². The number of nitrogens with two attached hydrogens (primary N) is 1. The predicted octanol–water partition coefficient (Wildman–Crippen LogP) is 3.74. The van der Waals surface area contributed by atoms with Gasteiger partial charge in [0.1, 0.15) is 11.0 Å². The number of anilines is 1.